The number of ether oxygens (including phenoxy) is 2. The molecule has 2 rings (SSSR count). The minimum Gasteiger partial charge on any atom is -0.466 e. The Hall–Kier alpha value is -2.58. The van der Waals surface area contributed by atoms with E-state index in [1.165, 1.54) is 30.2 Å². The molecule has 1 aliphatic rings. The minimum atomic E-state index is -4.53. The normalized spacial score (nSPS) is 19.6. The maximum Gasteiger partial charge on any atom is 0.416 e. The summed E-state index contributed by atoms with van der Waals surface area (Å²) in [6.07, 6.45) is -5.18. The molecule has 6 nitrogen and oxygen atoms in total. The van der Waals surface area contributed by atoms with E-state index in [2.05, 4.69) is 0 Å². The highest BCUT2D eigenvalue weighted by Crippen LogP contribution is 2.34. The van der Waals surface area contributed by atoms with E-state index in [-0.39, 0.29) is 43.8 Å². The fraction of sp³-hybridized carbons (Fsp3) is 0.550. The van der Waals surface area contributed by atoms with Crippen molar-refractivity contribution in [2.24, 2.45) is 5.92 Å². The number of benzene rings is 1. The monoisotopic (exact) mass is 415 g/mol. The van der Waals surface area contributed by atoms with E-state index in [1.807, 2.05) is 0 Å². The molecule has 1 aliphatic heterocycles. The van der Waals surface area contributed by atoms with Crippen LogP contribution in [0.4, 0.5) is 18.0 Å². The van der Waals surface area contributed by atoms with Crippen molar-refractivity contribution in [2.45, 2.75) is 44.8 Å². The lowest BCUT2D eigenvalue weighted by atomic mass is 9.83. The molecule has 0 saturated carbocycles. The zero-order chi connectivity index (χ0) is 21.6. The number of alkyl halides is 3. The molecule has 160 valence electrons. The predicted octanol–water partition coefficient (Wildman–Crippen LogP) is 3.62. The highest BCUT2D eigenvalue weighted by molar-refractivity contribution is 5.96. The summed E-state index contributed by atoms with van der Waals surface area (Å²) in [7, 11) is 1.20. The molecular weight excluding hydrogens is 391 g/mol. The summed E-state index contributed by atoms with van der Waals surface area (Å²) in [5, 5.41) is 0. The van der Waals surface area contributed by atoms with Gasteiger partial charge in [0, 0.05) is 18.5 Å². The van der Waals surface area contributed by atoms with E-state index >= 15 is 0 Å². The maximum atomic E-state index is 13.3. The van der Waals surface area contributed by atoms with Crippen molar-refractivity contribution in [3.63, 3.8) is 0 Å². The van der Waals surface area contributed by atoms with Crippen LogP contribution in [0, 0.1) is 5.92 Å². The lowest BCUT2D eigenvalue weighted by Gasteiger charge is -2.38. The molecule has 1 fully saturated rings. The number of rotatable bonds is 6. The highest BCUT2D eigenvalue weighted by Gasteiger charge is 2.38. The standard InChI is InChI=1S/C20H24F3NO5/c1-3-29-18(26)12-17(25)14-8-9-24(19(27)28-2)15(11-14)10-13-6-4-5-7-16(13)20(21,22)23/h4-7,14-15H,3,8-12H2,1-2H3/t14-,15-/m1/s1. The molecular formula is C20H24F3NO5. The van der Waals surface area contributed by atoms with Gasteiger partial charge in [0.15, 0.2) is 0 Å². The molecule has 0 N–H and O–H groups in total. The quantitative estimate of drug-likeness (QED) is 0.524. The van der Waals surface area contributed by atoms with Gasteiger partial charge in [0.25, 0.3) is 0 Å². The average Bonchev–Trinajstić information content (AvgIpc) is 2.67. The number of amides is 1. The summed E-state index contributed by atoms with van der Waals surface area (Å²) in [5.41, 5.74) is -0.734. The van der Waals surface area contributed by atoms with Gasteiger partial charge < -0.3 is 14.4 Å². The van der Waals surface area contributed by atoms with Crippen LogP contribution in [-0.4, -0.2) is 49.0 Å². The molecule has 0 aliphatic carbocycles. The number of piperidine rings is 1. The van der Waals surface area contributed by atoms with Gasteiger partial charge in [-0.25, -0.2) is 4.79 Å². The zero-order valence-electron chi connectivity index (χ0n) is 16.3. The van der Waals surface area contributed by atoms with Crippen LogP contribution >= 0.6 is 0 Å². The number of carbonyl (C=O) groups excluding carboxylic acids is 3. The first-order valence-corrected chi connectivity index (χ1v) is 9.35. The molecule has 1 aromatic carbocycles. The lowest BCUT2D eigenvalue weighted by molar-refractivity contribution is -0.147. The number of ketones is 1. The fourth-order valence-electron chi connectivity index (χ4n) is 3.62. The van der Waals surface area contributed by atoms with E-state index < -0.39 is 35.8 Å². The third kappa shape index (κ3) is 5.95. The summed E-state index contributed by atoms with van der Waals surface area (Å²) in [6, 6.07) is 4.50. The first-order valence-electron chi connectivity index (χ1n) is 9.35. The minimum absolute atomic E-state index is 0.0393. The Morgan fingerprint density at radius 3 is 2.52 bits per heavy atom. The Morgan fingerprint density at radius 2 is 1.90 bits per heavy atom. The topological polar surface area (TPSA) is 72.9 Å². The molecule has 2 atom stereocenters. The first-order chi connectivity index (χ1) is 13.7. The first kappa shape index (κ1) is 22.7. The third-order valence-electron chi connectivity index (χ3n) is 4.98. The van der Waals surface area contributed by atoms with Crippen LogP contribution in [0.1, 0.15) is 37.3 Å². The van der Waals surface area contributed by atoms with Crippen LogP contribution in [0.15, 0.2) is 24.3 Å². The van der Waals surface area contributed by atoms with E-state index in [0.29, 0.717) is 6.42 Å². The molecule has 1 heterocycles. The van der Waals surface area contributed by atoms with E-state index in [1.54, 1.807) is 6.92 Å². The number of hydrogen-bond acceptors (Lipinski definition) is 5. The predicted molar refractivity (Wildman–Crippen MR) is 97.0 cm³/mol. The average molecular weight is 415 g/mol. The van der Waals surface area contributed by atoms with Crippen LogP contribution < -0.4 is 0 Å². The Labute approximate surface area is 167 Å². The number of hydrogen-bond donors (Lipinski definition) is 0. The van der Waals surface area contributed by atoms with Crippen molar-refractivity contribution in [2.75, 3.05) is 20.3 Å². The molecule has 0 radical (unpaired) electrons. The molecule has 9 heteroatoms. The Balaban J connectivity index is 2.22. The van der Waals surface area contributed by atoms with Crippen molar-refractivity contribution in [3.05, 3.63) is 35.4 Å². The number of esters is 1. The number of methoxy groups -OCH3 is 1. The van der Waals surface area contributed by atoms with Gasteiger partial charge in [0.1, 0.15) is 12.2 Å². The Morgan fingerprint density at radius 1 is 1.21 bits per heavy atom. The summed E-state index contributed by atoms with van der Waals surface area (Å²) < 4.78 is 49.5. The Kier molecular flexibility index (Phi) is 7.64. The van der Waals surface area contributed by atoms with E-state index in [4.69, 9.17) is 9.47 Å². The fourth-order valence-corrected chi connectivity index (χ4v) is 3.62. The highest BCUT2D eigenvalue weighted by atomic mass is 19.4. The number of carbonyl (C=O) groups is 3. The molecule has 0 unspecified atom stereocenters. The van der Waals surface area contributed by atoms with Crippen LogP contribution in [0.2, 0.25) is 0 Å². The summed E-state index contributed by atoms with van der Waals surface area (Å²) >= 11 is 0. The van der Waals surface area contributed by atoms with Crippen LogP contribution in [-0.2, 0) is 31.7 Å². The van der Waals surface area contributed by atoms with Gasteiger partial charge in [0.2, 0.25) is 0 Å². The van der Waals surface area contributed by atoms with Crippen molar-refractivity contribution in [3.8, 4) is 0 Å². The molecule has 1 saturated heterocycles. The van der Waals surface area contributed by atoms with Crippen LogP contribution in [0.3, 0.4) is 0 Å². The summed E-state index contributed by atoms with van der Waals surface area (Å²) in [5.74, 6) is -1.50. The van der Waals surface area contributed by atoms with Crippen molar-refractivity contribution < 1.29 is 37.0 Å². The molecule has 0 spiro atoms. The third-order valence-corrected chi connectivity index (χ3v) is 4.98. The van der Waals surface area contributed by atoms with E-state index in [9.17, 15) is 27.6 Å². The lowest BCUT2D eigenvalue weighted by Crippen LogP contribution is -2.48. The summed E-state index contributed by atoms with van der Waals surface area (Å²) in [6.45, 7) is 1.94. The number of likely N-dealkylation sites (tertiary alicyclic amines) is 1. The van der Waals surface area contributed by atoms with Gasteiger partial charge >= 0.3 is 18.2 Å². The van der Waals surface area contributed by atoms with Crippen LogP contribution in [0.25, 0.3) is 0 Å². The maximum absolute atomic E-state index is 13.3. The van der Waals surface area contributed by atoms with E-state index in [0.717, 1.165) is 6.07 Å². The second kappa shape index (κ2) is 9.76. The molecule has 0 aromatic heterocycles. The van der Waals surface area contributed by atoms with Crippen molar-refractivity contribution in [1.29, 1.82) is 0 Å². The SMILES string of the molecule is CCOC(=O)CC(=O)[C@@H]1CCN(C(=O)OC)[C@H](Cc2ccccc2C(F)(F)F)C1. The molecule has 1 amide bonds. The Bertz CT molecular complexity index is 750. The number of Topliss-reactive ketones (excluding diaryl/α,β-unsaturated/α-hetero) is 1. The van der Waals surface area contributed by atoms with Gasteiger partial charge in [0.05, 0.1) is 19.3 Å². The molecule has 0 bridgehead atoms. The van der Waals surface area contributed by atoms with Crippen LogP contribution in [0.5, 0.6) is 0 Å². The van der Waals surface area contributed by atoms with Gasteiger partial charge in [-0.15, -0.1) is 0 Å². The zero-order valence-corrected chi connectivity index (χ0v) is 16.3. The second-order valence-electron chi connectivity index (χ2n) is 6.85. The van der Waals surface area contributed by atoms with Crippen molar-refractivity contribution >= 4 is 17.8 Å². The van der Waals surface area contributed by atoms with Gasteiger partial charge in [-0.2, -0.15) is 13.2 Å². The van der Waals surface area contributed by atoms with Crippen molar-refractivity contribution in [1.82, 2.24) is 4.90 Å². The van der Waals surface area contributed by atoms with Gasteiger partial charge in [-0.3, -0.25) is 9.59 Å². The number of nitrogens with zero attached hydrogens (tertiary/aromatic N) is 1. The van der Waals surface area contributed by atoms with Gasteiger partial charge in [-0.05, 0) is 37.8 Å². The largest absolute Gasteiger partial charge is 0.466 e. The second-order valence-corrected chi connectivity index (χ2v) is 6.85. The molecule has 1 aromatic rings. The summed E-state index contributed by atoms with van der Waals surface area (Å²) in [4.78, 5) is 37.5. The number of halogens is 3. The molecule has 29 heavy (non-hydrogen) atoms. The smallest absolute Gasteiger partial charge is 0.416 e. The van der Waals surface area contributed by atoms with Gasteiger partial charge in [-0.1, -0.05) is 18.2 Å².